The fraction of sp³-hybridized carbons (Fsp3) is 0.348. The Kier molecular flexibility index (Phi) is 4.65. The summed E-state index contributed by atoms with van der Waals surface area (Å²) in [5, 5.41) is 8.70. The van der Waals surface area contributed by atoms with Crippen LogP contribution in [0.1, 0.15) is 29.5 Å². The van der Waals surface area contributed by atoms with Crippen molar-refractivity contribution < 1.29 is 0 Å². The number of hydrogen-bond acceptors (Lipinski definition) is 3. The lowest BCUT2D eigenvalue weighted by Crippen LogP contribution is -2.08. The van der Waals surface area contributed by atoms with Crippen molar-refractivity contribution in [3.8, 4) is 16.9 Å². The lowest BCUT2D eigenvalue weighted by atomic mass is 10.0. The van der Waals surface area contributed by atoms with Gasteiger partial charge in [0.2, 0.25) is 0 Å². The number of benzene rings is 2. The van der Waals surface area contributed by atoms with E-state index in [2.05, 4.69) is 85.3 Å². The van der Waals surface area contributed by atoms with Crippen LogP contribution in [0.25, 0.3) is 16.9 Å². The second-order valence-corrected chi connectivity index (χ2v) is 7.68. The number of nitrogens with one attached hydrogen (secondary N) is 1. The maximum absolute atomic E-state index is 5.06. The van der Waals surface area contributed by atoms with E-state index in [9.17, 15) is 0 Å². The van der Waals surface area contributed by atoms with Crippen molar-refractivity contribution in [1.29, 1.82) is 0 Å². The average Bonchev–Trinajstić information content (AvgIpc) is 2.85. The molecule has 2 heterocycles. The largest absolute Gasteiger partial charge is 0.378 e. The van der Waals surface area contributed by atoms with Gasteiger partial charge in [-0.15, -0.1) is 0 Å². The minimum atomic E-state index is 1.00. The first kappa shape index (κ1) is 17.7. The van der Waals surface area contributed by atoms with E-state index in [0.717, 1.165) is 30.2 Å². The molecule has 1 aliphatic heterocycles. The summed E-state index contributed by atoms with van der Waals surface area (Å²) in [5.74, 6) is 1.16. The summed E-state index contributed by atoms with van der Waals surface area (Å²) < 4.78 is 2.10. The maximum Gasteiger partial charge on any atom is 0.133 e. The van der Waals surface area contributed by atoms with Crippen molar-refractivity contribution in [3.63, 3.8) is 0 Å². The molecule has 0 aliphatic carbocycles. The Bertz CT molecular complexity index is 951. The van der Waals surface area contributed by atoms with Crippen LogP contribution in [-0.2, 0) is 6.42 Å². The fourth-order valence-corrected chi connectivity index (χ4v) is 3.70. The summed E-state index contributed by atoms with van der Waals surface area (Å²) in [7, 11) is 4.14. The van der Waals surface area contributed by atoms with Crippen molar-refractivity contribution in [2.75, 3.05) is 30.9 Å². The van der Waals surface area contributed by atoms with Crippen LogP contribution < -0.4 is 10.2 Å². The van der Waals surface area contributed by atoms with Gasteiger partial charge in [-0.1, -0.05) is 18.2 Å². The number of aryl methyl sites for hydroxylation is 2. The Morgan fingerprint density at radius 2 is 1.74 bits per heavy atom. The standard InChI is InChI=1S/C23H28N4/c1-16-8-11-20(15-17(16)2)27-23-21(7-5-6-14-24-23)22(25-27)18-9-12-19(13-10-18)26(3)4/h8-13,15,24H,5-7,14H2,1-4H3. The first-order chi connectivity index (χ1) is 13.0. The predicted molar refractivity (Wildman–Crippen MR) is 114 cm³/mol. The first-order valence-electron chi connectivity index (χ1n) is 9.76. The summed E-state index contributed by atoms with van der Waals surface area (Å²) in [4.78, 5) is 2.12. The van der Waals surface area contributed by atoms with E-state index in [0.29, 0.717) is 0 Å². The Morgan fingerprint density at radius 3 is 2.44 bits per heavy atom. The van der Waals surface area contributed by atoms with Gasteiger partial charge in [0.05, 0.1) is 11.4 Å². The third-order valence-corrected chi connectivity index (χ3v) is 5.52. The molecule has 2 aromatic carbocycles. The van der Waals surface area contributed by atoms with Crippen molar-refractivity contribution in [2.45, 2.75) is 33.1 Å². The molecule has 4 rings (SSSR count). The molecule has 0 radical (unpaired) electrons. The van der Waals surface area contributed by atoms with Crippen LogP contribution in [0.2, 0.25) is 0 Å². The number of hydrogen-bond donors (Lipinski definition) is 1. The highest BCUT2D eigenvalue weighted by atomic mass is 15.3. The molecule has 0 spiro atoms. The highest BCUT2D eigenvalue weighted by molar-refractivity contribution is 5.72. The quantitative estimate of drug-likeness (QED) is 0.716. The van der Waals surface area contributed by atoms with E-state index in [1.165, 1.54) is 40.8 Å². The number of nitrogens with zero attached hydrogens (tertiary/aromatic N) is 3. The Balaban J connectivity index is 1.85. The van der Waals surface area contributed by atoms with Gasteiger partial charge in [-0.2, -0.15) is 5.10 Å². The maximum atomic E-state index is 5.06. The lowest BCUT2D eigenvalue weighted by Gasteiger charge is -2.12. The molecule has 3 aromatic rings. The molecule has 1 aromatic heterocycles. The molecule has 0 fully saturated rings. The van der Waals surface area contributed by atoms with Crippen LogP contribution in [0.4, 0.5) is 11.5 Å². The van der Waals surface area contributed by atoms with Crippen LogP contribution >= 0.6 is 0 Å². The number of rotatable bonds is 3. The summed E-state index contributed by atoms with van der Waals surface area (Å²) in [6.07, 6.45) is 3.46. The summed E-state index contributed by atoms with van der Waals surface area (Å²) >= 11 is 0. The van der Waals surface area contributed by atoms with E-state index in [4.69, 9.17) is 5.10 Å². The minimum absolute atomic E-state index is 1.00. The smallest absolute Gasteiger partial charge is 0.133 e. The normalized spacial score (nSPS) is 13.6. The summed E-state index contributed by atoms with van der Waals surface area (Å²) in [6.45, 7) is 5.32. The first-order valence-corrected chi connectivity index (χ1v) is 9.76. The molecule has 0 unspecified atom stereocenters. The number of aromatic nitrogens is 2. The van der Waals surface area contributed by atoms with Gasteiger partial charge < -0.3 is 10.2 Å². The second-order valence-electron chi connectivity index (χ2n) is 7.68. The molecule has 27 heavy (non-hydrogen) atoms. The van der Waals surface area contributed by atoms with Gasteiger partial charge in [0.15, 0.2) is 0 Å². The molecular weight excluding hydrogens is 332 g/mol. The van der Waals surface area contributed by atoms with Crippen molar-refractivity contribution in [3.05, 3.63) is 59.2 Å². The van der Waals surface area contributed by atoms with Gasteiger partial charge in [-0.05, 0) is 68.5 Å². The zero-order chi connectivity index (χ0) is 19.0. The van der Waals surface area contributed by atoms with Crippen molar-refractivity contribution in [1.82, 2.24) is 9.78 Å². The highest BCUT2D eigenvalue weighted by Crippen LogP contribution is 2.34. The van der Waals surface area contributed by atoms with Crippen LogP contribution in [0, 0.1) is 13.8 Å². The number of fused-ring (bicyclic) bond motifs is 1. The average molecular weight is 361 g/mol. The molecule has 0 atom stereocenters. The van der Waals surface area contributed by atoms with Crippen LogP contribution in [0.5, 0.6) is 0 Å². The summed E-state index contributed by atoms with van der Waals surface area (Å²) in [5.41, 5.74) is 8.55. The highest BCUT2D eigenvalue weighted by Gasteiger charge is 2.21. The molecule has 140 valence electrons. The molecule has 0 saturated heterocycles. The van der Waals surface area contributed by atoms with E-state index in [1.54, 1.807) is 0 Å². The third-order valence-electron chi connectivity index (χ3n) is 5.52. The SMILES string of the molecule is Cc1ccc(-n2nc(-c3ccc(N(C)C)cc3)c3c2NCCCC3)cc1C. The minimum Gasteiger partial charge on any atom is -0.378 e. The van der Waals surface area contributed by atoms with E-state index >= 15 is 0 Å². The molecule has 1 aliphatic rings. The molecule has 0 amide bonds. The molecule has 0 bridgehead atoms. The molecular formula is C23H28N4. The summed E-state index contributed by atoms with van der Waals surface area (Å²) in [6, 6.07) is 15.3. The fourth-order valence-electron chi connectivity index (χ4n) is 3.70. The van der Waals surface area contributed by atoms with E-state index < -0.39 is 0 Å². The molecule has 4 nitrogen and oxygen atoms in total. The van der Waals surface area contributed by atoms with Gasteiger partial charge in [0.25, 0.3) is 0 Å². The molecule has 1 N–H and O–H groups in total. The molecule has 0 saturated carbocycles. The topological polar surface area (TPSA) is 33.1 Å². The zero-order valence-electron chi connectivity index (χ0n) is 16.7. The number of anilines is 2. The van der Waals surface area contributed by atoms with Gasteiger partial charge in [-0.3, -0.25) is 0 Å². The van der Waals surface area contributed by atoms with Crippen molar-refractivity contribution in [2.24, 2.45) is 0 Å². The zero-order valence-corrected chi connectivity index (χ0v) is 16.7. The third kappa shape index (κ3) is 3.32. The Morgan fingerprint density at radius 1 is 0.963 bits per heavy atom. The van der Waals surface area contributed by atoms with Crippen LogP contribution in [0.15, 0.2) is 42.5 Å². The van der Waals surface area contributed by atoms with E-state index in [1.807, 2.05) is 0 Å². The van der Waals surface area contributed by atoms with Crippen LogP contribution in [0.3, 0.4) is 0 Å². The molecule has 4 heteroatoms. The van der Waals surface area contributed by atoms with Crippen LogP contribution in [-0.4, -0.2) is 30.4 Å². The van der Waals surface area contributed by atoms with Gasteiger partial charge in [0, 0.05) is 37.5 Å². The van der Waals surface area contributed by atoms with Gasteiger partial charge in [-0.25, -0.2) is 4.68 Å². The predicted octanol–water partition coefficient (Wildman–Crippen LogP) is 4.97. The lowest BCUT2D eigenvalue weighted by molar-refractivity contribution is 0.780. The van der Waals surface area contributed by atoms with Gasteiger partial charge in [0.1, 0.15) is 5.82 Å². The van der Waals surface area contributed by atoms with E-state index in [-0.39, 0.29) is 0 Å². The van der Waals surface area contributed by atoms with Gasteiger partial charge >= 0.3 is 0 Å². The monoisotopic (exact) mass is 360 g/mol. The van der Waals surface area contributed by atoms with Crippen molar-refractivity contribution >= 4 is 11.5 Å². The Hall–Kier alpha value is -2.75. The Labute approximate surface area is 161 Å². The second kappa shape index (κ2) is 7.10.